The summed E-state index contributed by atoms with van der Waals surface area (Å²) in [4.78, 5) is 23.2. The molecule has 8 heteroatoms. The minimum Gasteiger partial charge on any atom is -0.481 e. The van der Waals surface area contributed by atoms with E-state index in [2.05, 4.69) is 15.7 Å². The fourth-order valence-corrected chi connectivity index (χ4v) is 3.85. The Hall–Kier alpha value is -3.68. The topological polar surface area (TPSA) is 96.2 Å². The van der Waals surface area contributed by atoms with Crippen LogP contribution in [0, 0.1) is 11.7 Å². The van der Waals surface area contributed by atoms with E-state index in [1.54, 1.807) is 24.3 Å². The van der Waals surface area contributed by atoms with E-state index in [-0.39, 0.29) is 17.6 Å². The second-order valence-corrected chi connectivity index (χ2v) is 7.66. The van der Waals surface area contributed by atoms with Gasteiger partial charge in [0.2, 0.25) is 0 Å². The molecule has 2 amide bonds. The van der Waals surface area contributed by atoms with Gasteiger partial charge in [-0.1, -0.05) is 24.3 Å². The lowest BCUT2D eigenvalue weighted by Gasteiger charge is -2.26. The fourth-order valence-electron chi connectivity index (χ4n) is 3.85. The Kier molecular flexibility index (Phi) is 5.97. The molecule has 1 heterocycles. The number of rotatable bonds is 5. The number of anilines is 2. The van der Waals surface area contributed by atoms with Crippen molar-refractivity contribution in [2.75, 3.05) is 10.6 Å². The van der Waals surface area contributed by atoms with Crippen molar-refractivity contribution in [3.05, 3.63) is 66.6 Å². The molecule has 0 aliphatic heterocycles. The molecular weight excluding hydrogens is 399 g/mol. The van der Waals surface area contributed by atoms with Crippen molar-refractivity contribution in [3.8, 4) is 11.3 Å². The van der Waals surface area contributed by atoms with Gasteiger partial charge >= 0.3 is 12.0 Å². The van der Waals surface area contributed by atoms with E-state index in [9.17, 15) is 14.0 Å². The molecule has 0 bridgehead atoms. The number of nitrogens with zero attached hydrogens (tertiary/aromatic N) is 2. The van der Waals surface area contributed by atoms with E-state index in [0.717, 1.165) is 24.1 Å². The summed E-state index contributed by atoms with van der Waals surface area (Å²) in [5, 5.41) is 19.0. The first-order valence-electron chi connectivity index (χ1n) is 10.2. The minimum absolute atomic E-state index is 0.111. The van der Waals surface area contributed by atoms with Crippen LogP contribution in [-0.4, -0.2) is 26.9 Å². The molecule has 1 aliphatic rings. The summed E-state index contributed by atoms with van der Waals surface area (Å²) in [6.45, 7) is 0. The molecule has 7 nitrogen and oxygen atoms in total. The van der Waals surface area contributed by atoms with E-state index < -0.39 is 17.8 Å². The van der Waals surface area contributed by atoms with E-state index in [1.165, 1.54) is 12.1 Å². The number of aromatic nitrogens is 2. The molecule has 2 aromatic carbocycles. The van der Waals surface area contributed by atoms with Crippen LogP contribution in [0.5, 0.6) is 0 Å². The smallest absolute Gasteiger partial charge is 0.323 e. The Labute approximate surface area is 178 Å². The van der Waals surface area contributed by atoms with Crippen molar-refractivity contribution in [2.24, 2.45) is 5.92 Å². The number of aliphatic carboxylic acids is 1. The zero-order chi connectivity index (χ0) is 21.8. The zero-order valence-electron chi connectivity index (χ0n) is 16.8. The van der Waals surface area contributed by atoms with Gasteiger partial charge in [-0.25, -0.2) is 9.18 Å². The quantitative estimate of drug-likeness (QED) is 0.530. The summed E-state index contributed by atoms with van der Waals surface area (Å²) < 4.78 is 15.6. The van der Waals surface area contributed by atoms with E-state index in [0.29, 0.717) is 18.5 Å². The third-order valence-corrected chi connectivity index (χ3v) is 5.59. The molecule has 0 unspecified atom stereocenters. The van der Waals surface area contributed by atoms with Crippen molar-refractivity contribution in [2.45, 2.75) is 31.7 Å². The summed E-state index contributed by atoms with van der Waals surface area (Å²) in [6.07, 6.45) is 4.88. The number of carbonyl (C=O) groups excluding carboxylic acids is 1. The summed E-state index contributed by atoms with van der Waals surface area (Å²) >= 11 is 0. The van der Waals surface area contributed by atoms with Crippen LogP contribution in [0.25, 0.3) is 11.3 Å². The van der Waals surface area contributed by atoms with Crippen LogP contribution in [0.4, 0.5) is 20.6 Å². The SMILES string of the molecule is O=C(Nc1ccc(-c2ccn(C3CCC(C(=O)O)CC3)n2)cc1)Nc1ccccc1F. The largest absolute Gasteiger partial charge is 0.481 e. The first-order chi connectivity index (χ1) is 15.0. The molecule has 31 heavy (non-hydrogen) atoms. The number of carbonyl (C=O) groups is 2. The average molecular weight is 422 g/mol. The maximum absolute atomic E-state index is 13.6. The number of hydrogen-bond acceptors (Lipinski definition) is 3. The standard InChI is InChI=1S/C23H23FN4O3/c24-19-3-1-2-4-21(19)26-23(31)25-17-9-5-15(6-10-17)20-13-14-28(27-20)18-11-7-16(8-12-18)22(29)30/h1-6,9-10,13-14,16,18H,7-8,11-12H2,(H,29,30)(H2,25,26,31). The lowest BCUT2D eigenvalue weighted by molar-refractivity contribution is -0.143. The molecule has 0 saturated heterocycles. The van der Waals surface area contributed by atoms with Crippen LogP contribution >= 0.6 is 0 Å². The van der Waals surface area contributed by atoms with Crippen LogP contribution in [0.2, 0.25) is 0 Å². The first-order valence-corrected chi connectivity index (χ1v) is 10.2. The predicted octanol–water partition coefficient (Wildman–Crippen LogP) is 5.15. The molecule has 0 atom stereocenters. The van der Waals surface area contributed by atoms with Gasteiger partial charge in [0.15, 0.2) is 0 Å². The number of amides is 2. The molecule has 1 aliphatic carbocycles. The van der Waals surface area contributed by atoms with Gasteiger partial charge in [-0.2, -0.15) is 5.10 Å². The Morgan fingerprint density at radius 1 is 0.968 bits per heavy atom. The molecule has 0 spiro atoms. The third-order valence-electron chi connectivity index (χ3n) is 5.59. The number of hydrogen-bond donors (Lipinski definition) is 3. The Bertz CT molecular complexity index is 1070. The highest BCUT2D eigenvalue weighted by Crippen LogP contribution is 2.32. The van der Waals surface area contributed by atoms with Gasteiger partial charge in [-0.15, -0.1) is 0 Å². The lowest BCUT2D eigenvalue weighted by atomic mass is 9.86. The van der Waals surface area contributed by atoms with Gasteiger partial charge in [-0.05, 0) is 56.0 Å². The molecule has 160 valence electrons. The zero-order valence-corrected chi connectivity index (χ0v) is 16.8. The number of halogens is 1. The van der Waals surface area contributed by atoms with Crippen LogP contribution in [0.1, 0.15) is 31.7 Å². The number of carboxylic acids is 1. The van der Waals surface area contributed by atoms with Crippen LogP contribution in [0.15, 0.2) is 60.8 Å². The normalized spacial score (nSPS) is 18.4. The van der Waals surface area contributed by atoms with Crippen molar-refractivity contribution < 1.29 is 19.1 Å². The number of carboxylic acid groups (broad SMARTS) is 1. The number of para-hydroxylation sites is 1. The fraction of sp³-hybridized carbons (Fsp3) is 0.261. The highest BCUT2D eigenvalue weighted by molar-refractivity contribution is 5.99. The van der Waals surface area contributed by atoms with E-state index in [4.69, 9.17) is 5.11 Å². The Balaban J connectivity index is 1.36. The van der Waals surface area contributed by atoms with Crippen molar-refractivity contribution in [3.63, 3.8) is 0 Å². The lowest BCUT2D eigenvalue weighted by Crippen LogP contribution is -2.23. The summed E-state index contributed by atoms with van der Waals surface area (Å²) in [5.74, 6) is -1.46. The molecule has 1 aromatic heterocycles. The maximum Gasteiger partial charge on any atom is 0.323 e. The predicted molar refractivity (Wildman–Crippen MR) is 115 cm³/mol. The van der Waals surface area contributed by atoms with Gasteiger partial charge in [0.25, 0.3) is 0 Å². The molecule has 1 saturated carbocycles. The Morgan fingerprint density at radius 3 is 2.35 bits per heavy atom. The van der Waals surface area contributed by atoms with Crippen LogP contribution < -0.4 is 10.6 Å². The molecule has 3 aromatic rings. The second-order valence-electron chi connectivity index (χ2n) is 7.66. The van der Waals surface area contributed by atoms with Crippen LogP contribution in [-0.2, 0) is 4.79 Å². The van der Waals surface area contributed by atoms with Crippen molar-refractivity contribution >= 4 is 23.4 Å². The van der Waals surface area contributed by atoms with Gasteiger partial charge in [-0.3, -0.25) is 9.48 Å². The summed E-state index contributed by atoms with van der Waals surface area (Å²) in [6, 6.07) is 14.8. The number of benzene rings is 2. The first kappa shape index (κ1) is 20.6. The van der Waals surface area contributed by atoms with Gasteiger partial charge in [0.1, 0.15) is 5.82 Å². The molecule has 4 rings (SSSR count). The monoisotopic (exact) mass is 422 g/mol. The Morgan fingerprint density at radius 2 is 1.68 bits per heavy atom. The molecule has 1 fully saturated rings. The van der Waals surface area contributed by atoms with E-state index in [1.807, 2.05) is 29.1 Å². The van der Waals surface area contributed by atoms with Crippen molar-refractivity contribution in [1.82, 2.24) is 9.78 Å². The van der Waals surface area contributed by atoms with Gasteiger partial charge in [0, 0.05) is 17.4 Å². The number of urea groups is 1. The molecule has 3 N–H and O–H groups in total. The second kappa shape index (κ2) is 8.99. The maximum atomic E-state index is 13.6. The summed E-state index contributed by atoms with van der Waals surface area (Å²) in [7, 11) is 0. The van der Waals surface area contributed by atoms with E-state index >= 15 is 0 Å². The van der Waals surface area contributed by atoms with Gasteiger partial charge < -0.3 is 15.7 Å². The highest BCUT2D eigenvalue weighted by atomic mass is 19.1. The number of nitrogens with one attached hydrogen (secondary N) is 2. The molecular formula is C23H23FN4O3. The summed E-state index contributed by atoms with van der Waals surface area (Å²) in [5.41, 5.74) is 2.39. The highest BCUT2D eigenvalue weighted by Gasteiger charge is 2.27. The van der Waals surface area contributed by atoms with Gasteiger partial charge in [0.05, 0.1) is 23.3 Å². The minimum atomic E-state index is -0.712. The van der Waals surface area contributed by atoms with Crippen LogP contribution in [0.3, 0.4) is 0 Å². The molecule has 0 radical (unpaired) electrons. The average Bonchev–Trinajstić information content (AvgIpc) is 3.26. The third kappa shape index (κ3) is 4.91. The van der Waals surface area contributed by atoms with Crippen molar-refractivity contribution in [1.29, 1.82) is 0 Å².